The first kappa shape index (κ1) is 18.4. The van der Waals surface area contributed by atoms with Gasteiger partial charge in [-0.15, -0.1) is 0 Å². The summed E-state index contributed by atoms with van der Waals surface area (Å²) in [5.41, 5.74) is -3.43. The molecule has 0 bridgehead atoms. The number of hydrogen-bond donors (Lipinski definition) is 1. The van der Waals surface area contributed by atoms with E-state index in [-0.39, 0.29) is 11.2 Å². The minimum Gasteiger partial charge on any atom is -0.808 e. The molecular weight excluding hydrogens is 323 g/mol. The largest absolute Gasteiger partial charge is 0.808 e. The summed E-state index contributed by atoms with van der Waals surface area (Å²) in [6.07, 6.45) is 0. The summed E-state index contributed by atoms with van der Waals surface area (Å²) in [5.74, 6) is 0. The van der Waals surface area contributed by atoms with Gasteiger partial charge in [0, 0.05) is 7.05 Å². The fourth-order valence-electron chi connectivity index (χ4n) is 2.04. The van der Waals surface area contributed by atoms with Gasteiger partial charge in [-0.1, -0.05) is 17.7 Å². The summed E-state index contributed by atoms with van der Waals surface area (Å²) >= 11 is 0. The first-order valence-electron chi connectivity index (χ1n) is 5.80. The summed E-state index contributed by atoms with van der Waals surface area (Å²) in [6, 6.07) is 4.24. The summed E-state index contributed by atoms with van der Waals surface area (Å²) in [7, 11) is -9.58. The van der Waals surface area contributed by atoms with Gasteiger partial charge in [-0.2, -0.15) is 12.3 Å². The molecule has 0 heterocycles. The maximum Gasteiger partial charge on any atom is 0.190 e. The molecule has 0 aliphatic carbocycles. The van der Waals surface area contributed by atoms with Crippen LogP contribution in [-0.4, -0.2) is 12.6 Å². The molecule has 2 unspecified atom stereocenters. The SMILES string of the molecule is CNc1ccc(C)cc1[B-](C)(P(=O)([O-])O[O-])P(=O)([O-])O[O-]. The molecule has 1 aromatic rings. The minimum absolute atomic E-state index is 0.115. The molecule has 0 amide bonds. The van der Waals surface area contributed by atoms with Gasteiger partial charge in [0.2, 0.25) is 0 Å². The number of nitrogens with one attached hydrogen (secondary N) is 1. The van der Waals surface area contributed by atoms with E-state index in [1.807, 2.05) is 0 Å². The van der Waals surface area contributed by atoms with E-state index in [1.54, 1.807) is 13.0 Å². The molecule has 0 aliphatic rings. The third-order valence-electron chi connectivity index (χ3n) is 3.50. The summed E-state index contributed by atoms with van der Waals surface area (Å²) in [6.45, 7) is 2.31. The van der Waals surface area contributed by atoms with Crippen molar-refractivity contribution in [2.75, 3.05) is 12.4 Å². The lowest BCUT2D eigenvalue weighted by Crippen LogP contribution is -2.54. The quantitative estimate of drug-likeness (QED) is 0.269. The highest BCUT2D eigenvalue weighted by Gasteiger charge is 2.42. The van der Waals surface area contributed by atoms with Crippen molar-refractivity contribution >= 4 is 31.7 Å². The standard InChI is InChI=1S/C9H17BNO8P2/c1-7-4-5-9(11-3)8(6-7)10(2,20(14,15)18-12)21(16,17)19-13/h4-6,11-13H,1-3H3,(H,14,15)(H,16,17)/q-1/p-4. The van der Waals surface area contributed by atoms with Crippen LogP contribution in [-0.2, 0) is 18.5 Å². The van der Waals surface area contributed by atoms with E-state index in [4.69, 9.17) is 0 Å². The van der Waals surface area contributed by atoms with Crippen LogP contribution in [0.15, 0.2) is 18.2 Å². The zero-order valence-corrected chi connectivity index (χ0v) is 13.3. The van der Waals surface area contributed by atoms with Crippen molar-refractivity contribution in [3.05, 3.63) is 23.8 Å². The van der Waals surface area contributed by atoms with Crippen molar-refractivity contribution in [2.45, 2.75) is 13.7 Å². The van der Waals surface area contributed by atoms with Crippen molar-refractivity contribution in [3.63, 3.8) is 0 Å². The predicted molar refractivity (Wildman–Crippen MR) is 69.4 cm³/mol. The van der Waals surface area contributed by atoms with Gasteiger partial charge >= 0.3 is 0 Å². The highest BCUT2D eigenvalue weighted by molar-refractivity contribution is 8.23. The third kappa shape index (κ3) is 2.95. The Morgan fingerprint density at radius 2 is 1.62 bits per heavy atom. The van der Waals surface area contributed by atoms with Crippen molar-refractivity contribution < 1.29 is 38.8 Å². The van der Waals surface area contributed by atoms with Gasteiger partial charge in [-0.25, -0.2) is 0 Å². The van der Waals surface area contributed by atoms with E-state index < -0.39 is 20.5 Å². The molecule has 12 heteroatoms. The van der Waals surface area contributed by atoms with Crippen LogP contribution in [0.1, 0.15) is 5.56 Å². The molecule has 0 aromatic heterocycles. The molecular formula is C9H13BNO8P2-5. The molecule has 9 nitrogen and oxygen atoms in total. The van der Waals surface area contributed by atoms with Gasteiger partial charge < -0.3 is 44.1 Å². The Labute approximate surface area is 121 Å². The fraction of sp³-hybridized carbons (Fsp3) is 0.333. The number of hydrogen-bond acceptors (Lipinski definition) is 9. The smallest absolute Gasteiger partial charge is 0.190 e. The molecule has 0 fully saturated rings. The topological polar surface area (TPSA) is 157 Å². The van der Waals surface area contributed by atoms with E-state index >= 15 is 0 Å². The lowest BCUT2D eigenvalue weighted by molar-refractivity contribution is -0.647. The lowest BCUT2D eigenvalue weighted by Gasteiger charge is -2.57. The Balaban J connectivity index is 3.81. The maximum absolute atomic E-state index is 11.9. The Bertz CT molecular complexity index is 600. The van der Waals surface area contributed by atoms with Crippen molar-refractivity contribution in [1.29, 1.82) is 0 Å². The Morgan fingerprint density at radius 1 is 1.14 bits per heavy atom. The third-order valence-corrected chi connectivity index (χ3v) is 8.64. The highest BCUT2D eigenvalue weighted by Crippen LogP contribution is 2.64. The van der Waals surface area contributed by atoms with Gasteiger partial charge in [0.15, 0.2) is 5.59 Å². The highest BCUT2D eigenvalue weighted by atomic mass is 31.2. The van der Waals surface area contributed by atoms with Crippen LogP contribution in [0.3, 0.4) is 0 Å². The minimum atomic E-state index is -5.50. The van der Waals surface area contributed by atoms with E-state index in [9.17, 15) is 29.4 Å². The van der Waals surface area contributed by atoms with E-state index in [0.717, 1.165) is 6.82 Å². The number of benzene rings is 1. The second-order valence-electron chi connectivity index (χ2n) is 4.75. The van der Waals surface area contributed by atoms with Gasteiger partial charge in [0.1, 0.15) is 0 Å². The molecule has 1 rings (SSSR count). The number of rotatable bonds is 6. The Morgan fingerprint density at radius 3 is 2.00 bits per heavy atom. The lowest BCUT2D eigenvalue weighted by atomic mass is 9.67. The van der Waals surface area contributed by atoms with Crippen LogP contribution < -0.4 is 31.1 Å². The molecule has 0 aliphatic heterocycles. The zero-order valence-electron chi connectivity index (χ0n) is 11.5. The number of aryl methyl sites for hydroxylation is 1. The second kappa shape index (κ2) is 6.20. The van der Waals surface area contributed by atoms with E-state index in [1.165, 1.54) is 19.2 Å². The molecule has 1 N–H and O–H groups in total. The van der Waals surface area contributed by atoms with Gasteiger partial charge in [0.25, 0.3) is 0 Å². The van der Waals surface area contributed by atoms with Crippen LogP contribution in [0.25, 0.3) is 0 Å². The first-order chi connectivity index (χ1) is 9.57. The molecule has 0 saturated carbocycles. The molecule has 1 aromatic carbocycles. The average Bonchev–Trinajstić information content (AvgIpc) is 2.45. The van der Waals surface area contributed by atoms with Crippen LogP contribution in [0.4, 0.5) is 5.69 Å². The van der Waals surface area contributed by atoms with Gasteiger partial charge in [0.05, 0.1) is 0 Å². The molecule has 0 radical (unpaired) electrons. The zero-order chi connectivity index (χ0) is 16.5. The first-order valence-corrected chi connectivity index (χ1v) is 9.02. The normalized spacial score (nSPS) is 20.1. The van der Waals surface area contributed by atoms with Crippen molar-refractivity contribution in [3.8, 4) is 0 Å². The van der Waals surface area contributed by atoms with Crippen LogP contribution >= 0.6 is 14.9 Å². The molecule has 21 heavy (non-hydrogen) atoms. The van der Waals surface area contributed by atoms with Crippen molar-refractivity contribution in [2.24, 2.45) is 0 Å². The number of anilines is 1. The van der Waals surface area contributed by atoms with Crippen molar-refractivity contribution in [1.82, 2.24) is 0 Å². The van der Waals surface area contributed by atoms with E-state index in [2.05, 4.69) is 14.7 Å². The maximum atomic E-state index is 11.9. The average molecular weight is 336 g/mol. The molecule has 0 spiro atoms. The van der Waals surface area contributed by atoms with Gasteiger partial charge in [-0.05, 0) is 33.6 Å². The van der Waals surface area contributed by atoms with Gasteiger partial charge in [-0.3, -0.25) is 0 Å². The molecule has 2 atom stereocenters. The Hall–Kier alpha value is -0.695. The van der Waals surface area contributed by atoms with Crippen LogP contribution in [0.2, 0.25) is 6.82 Å². The summed E-state index contributed by atoms with van der Waals surface area (Å²) < 4.78 is 30.1. The fourth-order valence-corrected chi connectivity index (χ4v) is 5.10. The summed E-state index contributed by atoms with van der Waals surface area (Å²) in [4.78, 5) is 23.8. The second-order valence-corrected chi connectivity index (χ2v) is 9.68. The summed E-state index contributed by atoms with van der Waals surface area (Å²) in [5, 5.41) is 23.6. The monoisotopic (exact) mass is 336 g/mol. The predicted octanol–water partition coefficient (Wildman–Crippen LogP) is -1.99. The van der Waals surface area contributed by atoms with Crippen LogP contribution in [0, 0.1) is 6.92 Å². The Kier molecular flexibility index (Phi) is 5.42. The van der Waals surface area contributed by atoms with Crippen LogP contribution in [0.5, 0.6) is 0 Å². The molecule has 120 valence electrons. The molecule has 0 saturated heterocycles. The van der Waals surface area contributed by atoms with E-state index in [0.29, 0.717) is 5.56 Å².